The lowest BCUT2D eigenvalue weighted by Crippen LogP contribution is -2.47. The molecule has 1 aliphatic rings. The van der Waals surface area contributed by atoms with E-state index in [1.807, 2.05) is 13.0 Å². The minimum Gasteiger partial charge on any atom is -0.383 e. The molecular weight excluding hydrogens is 228 g/mol. The molecule has 0 bridgehead atoms. The van der Waals surface area contributed by atoms with Gasteiger partial charge in [0.05, 0.1) is 18.8 Å². The van der Waals surface area contributed by atoms with Gasteiger partial charge in [0.15, 0.2) is 0 Å². The number of hydrogen-bond acceptors (Lipinski definition) is 5. The van der Waals surface area contributed by atoms with Crippen LogP contribution in [0.2, 0.25) is 0 Å². The van der Waals surface area contributed by atoms with Crippen molar-refractivity contribution in [3.63, 3.8) is 0 Å². The molecule has 18 heavy (non-hydrogen) atoms. The molecule has 4 N–H and O–H groups in total. The zero-order chi connectivity index (χ0) is 13.1. The average Bonchev–Trinajstić information content (AvgIpc) is 2.41. The SMILES string of the molecule is CCN1CCOC(C(N)c2cc(C)cnc2N)C1. The van der Waals surface area contributed by atoms with Crippen molar-refractivity contribution >= 4 is 5.82 Å². The van der Waals surface area contributed by atoms with Crippen LogP contribution in [0.5, 0.6) is 0 Å². The first-order chi connectivity index (χ1) is 8.61. The van der Waals surface area contributed by atoms with Crippen LogP contribution in [-0.2, 0) is 4.74 Å². The fourth-order valence-corrected chi connectivity index (χ4v) is 2.31. The molecule has 5 heteroatoms. The number of anilines is 1. The summed E-state index contributed by atoms with van der Waals surface area (Å²) in [6.07, 6.45) is 1.75. The highest BCUT2D eigenvalue weighted by molar-refractivity contribution is 5.43. The van der Waals surface area contributed by atoms with E-state index in [4.69, 9.17) is 16.2 Å². The Balaban J connectivity index is 2.14. The van der Waals surface area contributed by atoms with Crippen molar-refractivity contribution in [3.8, 4) is 0 Å². The maximum Gasteiger partial charge on any atom is 0.128 e. The van der Waals surface area contributed by atoms with E-state index >= 15 is 0 Å². The minimum atomic E-state index is -0.216. The van der Waals surface area contributed by atoms with Crippen LogP contribution in [0.4, 0.5) is 5.82 Å². The number of morpholine rings is 1. The van der Waals surface area contributed by atoms with Gasteiger partial charge < -0.3 is 16.2 Å². The highest BCUT2D eigenvalue weighted by Gasteiger charge is 2.27. The van der Waals surface area contributed by atoms with Crippen LogP contribution >= 0.6 is 0 Å². The zero-order valence-electron chi connectivity index (χ0n) is 11.1. The van der Waals surface area contributed by atoms with Crippen molar-refractivity contribution in [2.45, 2.75) is 26.0 Å². The van der Waals surface area contributed by atoms with Crippen LogP contribution < -0.4 is 11.5 Å². The third-order valence-corrected chi connectivity index (χ3v) is 3.47. The number of likely N-dealkylation sites (N-methyl/N-ethyl adjacent to an activating group) is 1. The third kappa shape index (κ3) is 2.80. The third-order valence-electron chi connectivity index (χ3n) is 3.47. The number of nitrogen functional groups attached to an aromatic ring is 1. The van der Waals surface area contributed by atoms with Gasteiger partial charge >= 0.3 is 0 Å². The molecule has 0 amide bonds. The van der Waals surface area contributed by atoms with Gasteiger partial charge in [-0.3, -0.25) is 4.90 Å². The maximum atomic E-state index is 6.28. The van der Waals surface area contributed by atoms with Crippen LogP contribution in [0.25, 0.3) is 0 Å². The lowest BCUT2D eigenvalue weighted by molar-refractivity contribution is -0.0392. The maximum absolute atomic E-state index is 6.28. The Labute approximate surface area is 108 Å². The van der Waals surface area contributed by atoms with Crippen LogP contribution in [-0.4, -0.2) is 42.2 Å². The Kier molecular flexibility index (Phi) is 4.16. The second kappa shape index (κ2) is 5.65. The molecule has 2 heterocycles. The number of nitrogens with zero attached hydrogens (tertiary/aromatic N) is 2. The van der Waals surface area contributed by atoms with E-state index in [1.165, 1.54) is 0 Å². The molecule has 0 saturated carbocycles. The molecule has 1 fully saturated rings. The van der Waals surface area contributed by atoms with Crippen molar-refractivity contribution in [2.24, 2.45) is 5.73 Å². The van der Waals surface area contributed by atoms with Gasteiger partial charge in [-0.25, -0.2) is 4.98 Å². The number of nitrogens with two attached hydrogens (primary N) is 2. The summed E-state index contributed by atoms with van der Waals surface area (Å²) in [6.45, 7) is 7.71. The summed E-state index contributed by atoms with van der Waals surface area (Å²) in [4.78, 5) is 6.50. The summed E-state index contributed by atoms with van der Waals surface area (Å²) in [7, 11) is 0. The van der Waals surface area contributed by atoms with Crippen molar-refractivity contribution in [3.05, 3.63) is 23.4 Å². The molecule has 1 aromatic rings. The van der Waals surface area contributed by atoms with E-state index in [9.17, 15) is 0 Å². The Morgan fingerprint density at radius 3 is 3.11 bits per heavy atom. The molecule has 5 nitrogen and oxygen atoms in total. The molecular formula is C13H22N4O. The molecule has 100 valence electrons. The fraction of sp³-hybridized carbons (Fsp3) is 0.615. The van der Waals surface area contributed by atoms with Crippen LogP contribution in [0.1, 0.15) is 24.1 Å². The van der Waals surface area contributed by atoms with Crippen molar-refractivity contribution in [1.29, 1.82) is 0 Å². The van der Waals surface area contributed by atoms with Gasteiger partial charge in [0.2, 0.25) is 0 Å². The number of aromatic nitrogens is 1. The molecule has 2 unspecified atom stereocenters. The molecule has 2 rings (SSSR count). The standard InChI is InChI=1S/C13H22N4O/c1-3-17-4-5-18-11(8-17)12(14)10-6-9(2)7-16-13(10)15/h6-7,11-12H,3-5,8,14H2,1-2H3,(H2,15,16). The Hall–Kier alpha value is -1.17. The lowest BCUT2D eigenvalue weighted by atomic mass is 10.0. The summed E-state index contributed by atoms with van der Waals surface area (Å²) < 4.78 is 5.77. The summed E-state index contributed by atoms with van der Waals surface area (Å²) in [5.74, 6) is 0.505. The molecule has 0 aliphatic carbocycles. The fourth-order valence-electron chi connectivity index (χ4n) is 2.31. The number of hydrogen-bond donors (Lipinski definition) is 2. The molecule has 2 atom stereocenters. The van der Waals surface area contributed by atoms with E-state index in [0.717, 1.165) is 37.4 Å². The first-order valence-corrected chi connectivity index (χ1v) is 6.43. The van der Waals surface area contributed by atoms with E-state index in [-0.39, 0.29) is 12.1 Å². The van der Waals surface area contributed by atoms with E-state index in [2.05, 4.69) is 16.8 Å². The van der Waals surface area contributed by atoms with Crippen molar-refractivity contribution in [1.82, 2.24) is 9.88 Å². The number of ether oxygens (including phenoxy) is 1. The van der Waals surface area contributed by atoms with E-state index in [0.29, 0.717) is 5.82 Å². The highest BCUT2D eigenvalue weighted by Crippen LogP contribution is 2.24. The Bertz CT molecular complexity index is 410. The predicted molar refractivity (Wildman–Crippen MR) is 72.2 cm³/mol. The first-order valence-electron chi connectivity index (χ1n) is 6.43. The Morgan fingerprint density at radius 2 is 2.39 bits per heavy atom. The molecule has 1 aromatic heterocycles. The number of rotatable bonds is 3. The van der Waals surface area contributed by atoms with Crippen molar-refractivity contribution < 1.29 is 4.74 Å². The van der Waals surface area contributed by atoms with E-state index < -0.39 is 0 Å². The molecule has 0 aromatic carbocycles. The van der Waals surface area contributed by atoms with Crippen LogP contribution in [0.3, 0.4) is 0 Å². The Morgan fingerprint density at radius 1 is 1.61 bits per heavy atom. The van der Waals surface area contributed by atoms with Gasteiger partial charge in [-0.05, 0) is 25.1 Å². The first kappa shape index (κ1) is 13.3. The number of pyridine rings is 1. The van der Waals surface area contributed by atoms with Crippen molar-refractivity contribution in [2.75, 3.05) is 32.0 Å². The molecule has 0 radical (unpaired) electrons. The van der Waals surface area contributed by atoms with Crippen LogP contribution in [0.15, 0.2) is 12.3 Å². The van der Waals surface area contributed by atoms with Gasteiger partial charge in [-0.1, -0.05) is 6.92 Å². The summed E-state index contributed by atoms with van der Waals surface area (Å²) in [5, 5.41) is 0. The monoisotopic (exact) mass is 250 g/mol. The largest absolute Gasteiger partial charge is 0.383 e. The summed E-state index contributed by atoms with van der Waals surface area (Å²) in [6, 6.07) is 1.79. The van der Waals surface area contributed by atoms with Gasteiger partial charge in [0.25, 0.3) is 0 Å². The molecule has 1 aliphatic heterocycles. The quantitative estimate of drug-likeness (QED) is 0.825. The van der Waals surface area contributed by atoms with Gasteiger partial charge in [0, 0.05) is 24.8 Å². The molecule has 1 saturated heterocycles. The topological polar surface area (TPSA) is 77.4 Å². The van der Waals surface area contributed by atoms with Gasteiger partial charge in [-0.15, -0.1) is 0 Å². The lowest BCUT2D eigenvalue weighted by Gasteiger charge is -2.35. The smallest absolute Gasteiger partial charge is 0.128 e. The van der Waals surface area contributed by atoms with Crippen LogP contribution in [0, 0.1) is 6.92 Å². The van der Waals surface area contributed by atoms with E-state index in [1.54, 1.807) is 6.20 Å². The summed E-state index contributed by atoms with van der Waals surface area (Å²) in [5.41, 5.74) is 14.1. The van der Waals surface area contributed by atoms with Gasteiger partial charge in [0.1, 0.15) is 5.82 Å². The normalized spacial score (nSPS) is 22.9. The molecule has 0 spiro atoms. The second-order valence-corrected chi connectivity index (χ2v) is 4.82. The van der Waals surface area contributed by atoms with Gasteiger partial charge in [-0.2, -0.15) is 0 Å². The number of aryl methyl sites for hydroxylation is 1. The predicted octanol–water partition coefficient (Wildman–Crippen LogP) is 0.693. The summed E-state index contributed by atoms with van der Waals surface area (Å²) >= 11 is 0. The highest BCUT2D eigenvalue weighted by atomic mass is 16.5. The zero-order valence-corrected chi connectivity index (χ0v) is 11.1. The second-order valence-electron chi connectivity index (χ2n) is 4.82. The minimum absolute atomic E-state index is 0.00963. The average molecular weight is 250 g/mol.